The van der Waals surface area contributed by atoms with E-state index >= 15 is 0 Å². The lowest BCUT2D eigenvalue weighted by Crippen LogP contribution is -2.25. The second kappa shape index (κ2) is 7.55. The number of halogens is 1. The van der Waals surface area contributed by atoms with E-state index in [0.717, 1.165) is 23.6 Å². The van der Waals surface area contributed by atoms with Crippen molar-refractivity contribution < 1.29 is 8.42 Å². The first kappa shape index (κ1) is 17.4. The van der Waals surface area contributed by atoms with Crippen LogP contribution in [0.3, 0.4) is 0 Å². The molecule has 1 fully saturated rings. The molecule has 1 saturated carbocycles. The molecule has 7 heteroatoms. The average molecular weight is 395 g/mol. The Balaban J connectivity index is 1.91. The van der Waals surface area contributed by atoms with E-state index in [9.17, 15) is 8.42 Å². The smallest absolute Gasteiger partial charge is 0.242 e. The Hall–Kier alpha value is 0.0500. The summed E-state index contributed by atoms with van der Waals surface area (Å²) in [5.74, 6) is 0.844. The van der Waals surface area contributed by atoms with E-state index < -0.39 is 10.0 Å². The minimum atomic E-state index is -3.40. The maximum atomic E-state index is 12.3. The Morgan fingerprint density at radius 3 is 2.76 bits per heavy atom. The molecule has 0 aliphatic heterocycles. The minimum absolute atomic E-state index is 0.361. The zero-order chi connectivity index (χ0) is 15.5. The van der Waals surface area contributed by atoms with Gasteiger partial charge in [0.15, 0.2) is 0 Å². The van der Waals surface area contributed by atoms with Gasteiger partial charge in [0.2, 0.25) is 10.0 Å². The van der Waals surface area contributed by atoms with Crippen molar-refractivity contribution in [2.75, 3.05) is 6.54 Å². The molecule has 0 radical (unpaired) electrons. The average Bonchev–Trinajstić information content (AvgIpc) is 3.14. The van der Waals surface area contributed by atoms with Crippen molar-refractivity contribution in [3.63, 3.8) is 0 Å². The molecule has 0 unspecified atom stereocenters. The maximum Gasteiger partial charge on any atom is 0.242 e. The van der Waals surface area contributed by atoms with Crippen molar-refractivity contribution in [1.29, 1.82) is 0 Å². The Kier molecular flexibility index (Phi) is 6.25. The number of rotatable bonds is 9. The molecule has 120 valence electrons. The van der Waals surface area contributed by atoms with E-state index in [1.54, 1.807) is 6.07 Å². The number of thiophene rings is 1. The highest BCUT2D eigenvalue weighted by atomic mass is 79.9. The summed E-state index contributed by atoms with van der Waals surface area (Å²) in [6.45, 7) is 5.36. The molecule has 2 N–H and O–H groups in total. The highest BCUT2D eigenvalue weighted by Crippen LogP contribution is 2.34. The van der Waals surface area contributed by atoms with Crippen LogP contribution >= 0.6 is 27.3 Å². The van der Waals surface area contributed by atoms with E-state index in [2.05, 4.69) is 39.8 Å². The van der Waals surface area contributed by atoms with Crippen molar-refractivity contribution in [2.24, 2.45) is 5.92 Å². The van der Waals surface area contributed by atoms with Gasteiger partial charge in [0.25, 0.3) is 0 Å². The summed E-state index contributed by atoms with van der Waals surface area (Å²) in [4.78, 5) is 1.38. The number of hydrogen-bond acceptors (Lipinski definition) is 4. The number of sulfonamides is 1. The standard InChI is InChI=1S/C14H23BrN2O2S2/c1-10(2)16-9-12-8-13(14(15)20-12)21(18,19)17-7-3-4-11-5-6-11/h8,10-11,16-17H,3-7,9H2,1-2H3. The van der Waals surface area contributed by atoms with Gasteiger partial charge in [0.05, 0.1) is 3.79 Å². The number of nitrogens with one attached hydrogen (secondary N) is 2. The first-order chi connectivity index (χ1) is 9.88. The Bertz CT molecular complexity index is 566. The zero-order valence-corrected chi connectivity index (χ0v) is 15.7. The van der Waals surface area contributed by atoms with Crippen molar-refractivity contribution in [1.82, 2.24) is 10.0 Å². The molecule has 1 aliphatic rings. The van der Waals surface area contributed by atoms with Gasteiger partial charge in [-0.3, -0.25) is 0 Å². The molecule has 1 heterocycles. The molecule has 4 nitrogen and oxygen atoms in total. The van der Waals surface area contributed by atoms with Crippen LogP contribution in [0.1, 0.15) is 44.4 Å². The molecular formula is C14H23BrN2O2S2. The van der Waals surface area contributed by atoms with E-state index in [-0.39, 0.29) is 0 Å². The van der Waals surface area contributed by atoms with Gasteiger partial charge in [-0.2, -0.15) is 0 Å². The Morgan fingerprint density at radius 2 is 2.14 bits per heavy atom. The zero-order valence-electron chi connectivity index (χ0n) is 12.5. The highest BCUT2D eigenvalue weighted by molar-refractivity contribution is 9.11. The molecule has 0 spiro atoms. The summed E-state index contributed by atoms with van der Waals surface area (Å²) < 4.78 is 28.0. The Labute approximate surface area is 139 Å². The predicted molar refractivity (Wildman–Crippen MR) is 91.1 cm³/mol. The third-order valence-electron chi connectivity index (χ3n) is 3.46. The summed E-state index contributed by atoms with van der Waals surface area (Å²) in [7, 11) is -3.40. The van der Waals surface area contributed by atoms with Crippen LogP contribution in [0.2, 0.25) is 0 Å². The fourth-order valence-electron chi connectivity index (χ4n) is 2.05. The summed E-state index contributed by atoms with van der Waals surface area (Å²) in [6, 6.07) is 2.14. The normalized spacial score (nSPS) is 15.8. The van der Waals surface area contributed by atoms with Crippen LogP contribution in [-0.4, -0.2) is 21.0 Å². The SMILES string of the molecule is CC(C)NCc1cc(S(=O)(=O)NCCCC2CC2)c(Br)s1. The lowest BCUT2D eigenvalue weighted by atomic mass is 10.2. The van der Waals surface area contributed by atoms with E-state index in [1.165, 1.54) is 24.2 Å². The van der Waals surface area contributed by atoms with Gasteiger partial charge in [-0.05, 0) is 40.8 Å². The second-order valence-electron chi connectivity index (χ2n) is 5.87. The summed E-state index contributed by atoms with van der Waals surface area (Å²) in [5, 5.41) is 3.30. The molecule has 0 bridgehead atoms. The fraction of sp³-hybridized carbons (Fsp3) is 0.714. The Morgan fingerprint density at radius 1 is 1.43 bits per heavy atom. The van der Waals surface area contributed by atoms with Crippen LogP contribution in [0.5, 0.6) is 0 Å². The molecule has 1 aromatic heterocycles. The number of hydrogen-bond donors (Lipinski definition) is 2. The van der Waals surface area contributed by atoms with Crippen molar-refractivity contribution in [2.45, 2.75) is 57.0 Å². The van der Waals surface area contributed by atoms with Gasteiger partial charge in [-0.15, -0.1) is 11.3 Å². The van der Waals surface area contributed by atoms with Crippen LogP contribution in [-0.2, 0) is 16.6 Å². The van der Waals surface area contributed by atoms with Crippen molar-refractivity contribution >= 4 is 37.3 Å². The van der Waals surface area contributed by atoms with E-state index in [0.29, 0.717) is 27.8 Å². The quantitative estimate of drug-likeness (QED) is 0.630. The van der Waals surface area contributed by atoms with Crippen LogP contribution < -0.4 is 10.0 Å². The van der Waals surface area contributed by atoms with Gasteiger partial charge in [0, 0.05) is 24.0 Å². The summed E-state index contributed by atoms with van der Waals surface area (Å²) in [6.07, 6.45) is 4.69. The molecule has 21 heavy (non-hydrogen) atoms. The van der Waals surface area contributed by atoms with E-state index in [1.807, 2.05) is 0 Å². The van der Waals surface area contributed by atoms with Gasteiger partial charge in [-0.1, -0.05) is 26.7 Å². The monoisotopic (exact) mass is 394 g/mol. The fourth-order valence-corrected chi connectivity index (χ4v) is 5.76. The second-order valence-corrected chi connectivity index (χ2v) is 10.1. The third kappa shape index (κ3) is 5.63. The molecule has 1 aromatic rings. The maximum absolute atomic E-state index is 12.3. The van der Waals surface area contributed by atoms with Crippen molar-refractivity contribution in [3.05, 3.63) is 14.7 Å². The topological polar surface area (TPSA) is 58.2 Å². The largest absolute Gasteiger partial charge is 0.310 e. The molecule has 0 amide bonds. The third-order valence-corrected chi connectivity index (χ3v) is 7.17. The molecular weight excluding hydrogens is 372 g/mol. The first-order valence-corrected chi connectivity index (χ1v) is 10.5. The van der Waals surface area contributed by atoms with Gasteiger partial charge < -0.3 is 5.32 Å². The minimum Gasteiger partial charge on any atom is -0.310 e. The van der Waals surface area contributed by atoms with Gasteiger partial charge in [-0.25, -0.2) is 13.1 Å². The predicted octanol–water partition coefficient (Wildman–Crippen LogP) is 3.48. The van der Waals surface area contributed by atoms with Crippen LogP contribution in [0, 0.1) is 5.92 Å². The highest BCUT2D eigenvalue weighted by Gasteiger charge is 2.22. The summed E-state index contributed by atoms with van der Waals surface area (Å²) >= 11 is 4.85. The lowest BCUT2D eigenvalue weighted by molar-refractivity contribution is 0.572. The van der Waals surface area contributed by atoms with Crippen LogP contribution in [0.25, 0.3) is 0 Å². The van der Waals surface area contributed by atoms with Crippen LogP contribution in [0.15, 0.2) is 14.7 Å². The molecule has 0 atom stereocenters. The van der Waals surface area contributed by atoms with E-state index in [4.69, 9.17) is 0 Å². The molecule has 1 aliphatic carbocycles. The molecule has 0 saturated heterocycles. The summed E-state index contributed by atoms with van der Waals surface area (Å²) in [5.41, 5.74) is 0. The molecule has 2 rings (SSSR count). The van der Waals surface area contributed by atoms with Gasteiger partial charge >= 0.3 is 0 Å². The first-order valence-electron chi connectivity index (χ1n) is 7.39. The van der Waals surface area contributed by atoms with Crippen LogP contribution in [0.4, 0.5) is 0 Å². The molecule has 0 aromatic carbocycles. The lowest BCUT2D eigenvalue weighted by Gasteiger charge is -2.06. The van der Waals surface area contributed by atoms with Crippen molar-refractivity contribution in [3.8, 4) is 0 Å². The van der Waals surface area contributed by atoms with Gasteiger partial charge in [0.1, 0.15) is 4.90 Å².